The molecule has 0 aliphatic rings. The molecule has 1 aromatic heterocycles. The highest BCUT2D eigenvalue weighted by Crippen LogP contribution is 2.19. The third-order valence-electron chi connectivity index (χ3n) is 1.56. The lowest BCUT2D eigenvalue weighted by Gasteiger charge is -2.07. The molecule has 0 bridgehead atoms. The fourth-order valence-electron chi connectivity index (χ4n) is 0.856. The van der Waals surface area contributed by atoms with Crippen LogP contribution in [0, 0.1) is 12.8 Å². The van der Waals surface area contributed by atoms with E-state index >= 15 is 0 Å². The van der Waals surface area contributed by atoms with Crippen LogP contribution in [0.2, 0.25) is 0 Å². The van der Waals surface area contributed by atoms with Crippen molar-refractivity contribution >= 4 is 17.0 Å². The number of anilines is 1. The Hall–Kier alpha value is -0.500. The van der Waals surface area contributed by atoms with E-state index < -0.39 is 0 Å². The highest BCUT2D eigenvalue weighted by molar-refractivity contribution is 7.08. The maximum atomic E-state index is 3.40. The van der Waals surface area contributed by atoms with E-state index in [9.17, 15) is 0 Å². The Morgan fingerprint density at radius 3 is 2.64 bits per heavy atom. The Morgan fingerprint density at radius 1 is 1.45 bits per heavy atom. The lowest BCUT2D eigenvalue weighted by molar-refractivity contribution is 0.689. The molecule has 0 spiro atoms. The quantitative estimate of drug-likeness (QED) is 0.733. The molecular weight excluding hydrogens is 154 g/mol. The minimum absolute atomic E-state index is 0.717. The number of hydrogen-bond acceptors (Lipinski definition) is 2. The van der Waals surface area contributed by atoms with Crippen LogP contribution in [0.4, 0.5) is 5.69 Å². The summed E-state index contributed by atoms with van der Waals surface area (Å²) in [5, 5.41) is 7.74. The van der Waals surface area contributed by atoms with Crippen molar-refractivity contribution in [2.45, 2.75) is 20.8 Å². The molecule has 0 amide bonds. The third-order valence-corrected chi connectivity index (χ3v) is 2.42. The predicted molar refractivity (Wildman–Crippen MR) is 52.4 cm³/mol. The first-order valence-corrected chi connectivity index (χ1v) is 4.91. The van der Waals surface area contributed by atoms with Crippen molar-refractivity contribution < 1.29 is 0 Å². The lowest BCUT2D eigenvalue weighted by Crippen LogP contribution is -2.07. The standard InChI is InChI=1S/C9H15NS/c1-7(2)4-10-9-6-11-5-8(9)3/h5-7,10H,4H2,1-3H3. The molecule has 0 unspecified atom stereocenters. The molecular formula is C9H15NS. The number of nitrogens with one attached hydrogen (secondary N) is 1. The molecule has 62 valence electrons. The van der Waals surface area contributed by atoms with Crippen LogP contribution in [-0.2, 0) is 0 Å². The smallest absolute Gasteiger partial charge is 0.0478 e. The first-order chi connectivity index (χ1) is 5.20. The second kappa shape index (κ2) is 3.77. The first-order valence-electron chi connectivity index (χ1n) is 3.97. The van der Waals surface area contributed by atoms with Crippen LogP contribution in [0.5, 0.6) is 0 Å². The molecule has 2 heteroatoms. The Morgan fingerprint density at radius 2 is 2.18 bits per heavy atom. The molecule has 0 fully saturated rings. The second-order valence-corrected chi connectivity index (χ2v) is 3.99. The molecule has 0 aromatic carbocycles. The van der Waals surface area contributed by atoms with Gasteiger partial charge < -0.3 is 5.32 Å². The summed E-state index contributed by atoms with van der Waals surface area (Å²) in [5.41, 5.74) is 2.65. The predicted octanol–water partition coefficient (Wildman–Crippen LogP) is 3.12. The van der Waals surface area contributed by atoms with Crippen molar-refractivity contribution in [1.29, 1.82) is 0 Å². The van der Waals surface area contributed by atoms with Crippen LogP contribution in [0.1, 0.15) is 19.4 Å². The van der Waals surface area contributed by atoms with Crippen molar-refractivity contribution in [3.05, 3.63) is 16.3 Å². The summed E-state index contributed by atoms with van der Waals surface area (Å²) in [5.74, 6) is 0.717. The van der Waals surface area contributed by atoms with Gasteiger partial charge in [0.15, 0.2) is 0 Å². The summed E-state index contributed by atoms with van der Waals surface area (Å²) in [4.78, 5) is 0. The summed E-state index contributed by atoms with van der Waals surface area (Å²) in [6, 6.07) is 0. The molecule has 0 saturated carbocycles. The highest BCUT2D eigenvalue weighted by Gasteiger charge is 1.98. The molecule has 1 aromatic rings. The Balaban J connectivity index is 2.44. The number of rotatable bonds is 3. The van der Waals surface area contributed by atoms with E-state index in [0.717, 1.165) is 6.54 Å². The van der Waals surface area contributed by atoms with Gasteiger partial charge in [-0.25, -0.2) is 0 Å². The summed E-state index contributed by atoms with van der Waals surface area (Å²) in [6.07, 6.45) is 0. The van der Waals surface area contributed by atoms with Crippen molar-refractivity contribution in [2.75, 3.05) is 11.9 Å². The summed E-state index contributed by atoms with van der Waals surface area (Å²) in [7, 11) is 0. The van der Waals surface area contributed by atoms with Gasteiger partial charge in [0.2, 0.25) is 0 Å². The third kappa shape index (κ3) is 2.54. The van der Waals surface area contributed by atoms with E-state index in [-0.39, 0.29) is 0 Å². The monoisotopic (exact) mass is 169 g/mol. The molecule has 1 nitrogen and oxygen atoms in total. The zero-order valence-corrected chi connectivity index (χ0v) is 8.16. The summed E-state index contributed by atoms with van der Waals surface area (Å²) in [6.45, 7) is 7.64. The maximum Gasteiger partial charge on any atom is 0.0478 e. The van der Waals surface area contributed by atoms with Crippen molar-refractivity contribution in [1.82, 2.24) is 0 Å². The highest BCUT2D eigenvalue weighted by atomic mass is 32.1. The molecule has 11 heavy (non-hydrogen) atoms. The Bertz CT molecular complexity index is 215. The fraction of sp³-hybridized carbons (Fsp3) is 0.556. The SMILES string of the molecule is Cc1cscc1NCC(C)C. The normalized spacial score (nSPS) is 10.5. The number of hydrogen-bond donors (Lipinski definition) is 1. The average Bonchev–Trinajstić information content (AvgIpc) is 2.31. The van der Waals surface area contributed by atoms with Gasteiger partial charge in [-0.3, -0.25) is 0 Å². The molecule has 0 radical (unpaired) electrons. The zero-order chi connectivity index (χ0) is 8.27. The molecule has 1 rings (SSSR count). The van der Waals surface area contributed by atoms with Crippen molar-refractivity contribution in [3.63, 3.8) is 0 Å². The van der Waals surface area contributed by atoms with E-state index in [1.807, 2.05) is 0 Å². The number of aryl methyl sites for hydroxylation is 1. The second-order valence-electron chi connectivity index (χ2n) is 3.24. The van der Waals surface area contributed by atoms with Crippen LogP contribution in [0.3, 0.4) is 0 Å². The minimum Gasteiger partial charge on any atom is -0.384 e. The van der Waals surface area contributed by atoms with Gasteiger partial charge in [-0.2, -0.15) is 0 Å². The maximum absolute atomic E-state index is 3.40. The topological polar surface area (TPSA) is 12.0 Å². The van der Waals surface area contributed by atoms with Gasteiger partial charge >= 0.3 is 0 Å². The Labute approximate surface area is 72.4 Å². The van der Waals surface area contributed by atoms with Gasteiger partial charge in [0.05, 0.1) is 0 Å². The van der Waals surface area contributed by atoms with E-state index in [0.29, 0.717) is 5.92 Å². The molecule has 0 aliphatic heterocycles. The van der Waals surface area contributed by atoms with Crippen LogP contribution in [0.15, 0.2) is 10.8 Å². The Kier molecular flexibility index (Phi) is 2.94. The zero-order valence-electron chi connectivity index (χ0n) is 7.35. The first kappa shape index (κ1) is 8.60. The van der Waals surface area contributed by atoms with Gasteiger partial charge in [-0.1, -0.05) is 13.8 Å². The van der Waals surface area contributed by atoms with Gasteiger partial charge in [0.25, 0.3) is 0 Å². The summed E-state index contributed by atoms with van der Waals surface area (Å²) < 4.78 is 0. The molecule has 0 aliphatic carbocycles. The van der Waals surface area contributed by atoms with Crippen molar-refractivity contribution in [2.24, 2.45) is 5.92 Å². The van der Waals surface area contributed by atoms with E-state index in [4.69, 9.17) is 0 Å². The molecule has 0 saturated heterocycles. The van der Waals surface area contributed by atoms with Crippen LogP contribution >= 0.6 is 11.3 Å². The molecule has 0 atom stereocenters. The van der Waals surface area contributed by atoms with Gasteiger partial charge in [0.1, 0.15) is 0 Å². The molecule has 1 heterocycles. The van der Waals surface area contributed by atoms with E-state index in [2.05, 4.69) is 36.8 Å². The minimum atomic E-state index is 0.717. The van der Waals surface area contributed by atoms with Gasteiger partial charge in [-0.15, -0.1) is 11.3 Å². The average molecular weight is 169 g/mol. The lowest BCUT2D eigenvalue weighted by atomic mass is 10.2. The summed E-state index contributed by atoms with van der Waals surface area (Å²) >= 11 is 1.76. The van der Waals surface area contributed by atoms with Crippen molar-refractivity contribution in [3.8, 4) is 0 Å². The van der Waals surface area contributed by atoms with Gasteiger partial charge in [-0.05, 0) is 23.8 Å². The van der Waals surface area contributed by atoms with Gasteiger partial charge in [0, 0.05) is 17.6 Å². The van der Waals surface area contributed by atoms with Crippen LogP contribution < -0.4 is 5.32 Å². The van der Waals surface area contributed by atoms with E-state index in [1.165, 1.54) is 11.3 Å². The number of thiophene rings is 1. The van der Waals surface area contributed by atoms with Crippen LogP contribution in [0.25, 0.3) is 0 Å². The fourth-order valence-corrected chi connectivity index (χ4v) is 1.66. The van der Waals surface area contributed by atoms with E-state index in [1.54, 1.807) is 11.3 Å². The van der Waals surface area contributed by atoms with Crippen LogP contribution in [-0.4, -0.2) is 6.54 Å². The largest absolute Gasteiger partial charge is 0.384 e. The molecule has 1 N–H and O–H groups in total.